The molecule has 1 amide bonds. The Morgan fingerprint density at radius 2 is 1.79 bits per heavy atom. The molecule has 3 aromatic rings. The molecule has 6 nitrogen and oxygen atoms in total. The summed E-state index contributed by atoms with van der Waals surface area (Å²) in [6.07, 6.45) is 2.18. The minimum atomic E-state index is -0.710. The molecule has 0 spiro atoms. The summed E-state index contributed by atoms with van der Waals surface area (Å²) >= 11 is 1.62. The maximum absolute atomic E-state index is 12.7. The molecule has 0 aliphatic rings. The summed E-state index contributed by atoms with van der Waals surface area (Å²) in [6, 6.07) is 14.9. The minimum Gasteiger partial charge on any atom is -0.465 e. The van der Waals surface area contributed by atoms with Crippen molar-refractivity contribution in [2.45, 2.75) is 39.2 Å². The molecule has 1 heterocycles. The molecule has 0 unspecified atom stereocenters. The molecule has 7 heteroatoms. The molecule has 3 N–H and O–H groups in total. The lowest BCUT2D eigenvalue weighted by Gasteiger charge is -2.22. The number of nitrogens with zero attached hydrogens (tertiary/aromatic N) is 1. The maximum atomic E-state index is 12.7. The third-order valence-corrected chi connectivity index (χ3v) is 6.39. The third-order valence-electron chi connectivity index (χ3n) is 5.57. The van der Waals surface area contributed by atoms with Gasteiger partial charge < -0.3 is 15.8 Å². The van der Waals surface area contributed by atoms with Gasteiger partial charge in [0.15, 0.2) is 0 Å². The summed E-state index contributed by atoms with van der Waals surface area (Å²) in [5.74, 6) is 0.0175. The number of aromatic nitrogens is 1. The van der Waals surface area contributed by atoms with Gasteiger partial charge in [-0.05, 0) is 42.5 Å². The normalized spacial score (nSPS) is 12.9. The Hall–Kier alpha value is -3.03. The second-order valence-electron chi connectivity index (χ2n) is 8.28. The topological polar surface area (TPSA) is 94.3 Å². The van der Waals surface area contributed by atoms with E-state index in [0.29, 0.717) is 31.1 Å². The van der Waals surface area contributed by atoms with Crippen molar-refractivity contribution in [1.29, 1.82) is 0 Å². The van der Waals surface area contributed by atoms with Crippen LogP contribution in [-0.2, 0) is 16.0 Å². The van der Waals surface area contributed by atoms with Crippen LogP contribution in [-0.4, -0.2) is 36.1 Å². The Labute approximate surface area is 199 Å². The van der Waals surface area contributed by atoms with Crippen LogP contribution in [0, 0.1) is 5.92 Å². The van der Waals surface area contributed by atoms with Crippen molar-refractivity contribution >= 4 is 23.2 Å². The number of nitrogens with one attached hydrogen (secondary N) is 1. The molecular formula is C26H31N3O3S. The van der Waals surface area contributed by atoms with E-state index in [2.05, 4.69) is 48.4 Å². The average molecular weight is 466 g/mol. The number of carbonyl (C=O) groups excluding carboxylic acids is 2. The first-order valence-corrected chi connectivity index (χ1v) is 12.1. The van der Waals surface area contributed by atoms with Crippen LogP contribution in [0.5, 0.6) is 0 Å². The highest BCUT2D eigenvalue weighted by atomic mass is 32.1. The number of ether oxygens (including phenoxy) is 1. The standard InChI is InChI=1S/C26H31N3O3S/c1-4-32-26(31)23(27)15-18-5-7-20(8-6-18)24(30)29-16-22(17(2)3)19-9-11-21(12-10-19)25-28-13-14-33-25/h5-14,17,22-23H,4,15-16,27H2,1-3H3,(H,29,30)/t22-,23+/m1/s1. The van der Waals surface area contributed by atoms with Crippen LogP contribution >= 0.6 is 11.3 Å². The van der Waals surface area contributed by atoms with E-state index in [-0.39, 0.29) is 11.8 Å². The van der Waals surface area contributed by atoms with Gasteiger partial charge in [0.25, 0.3) is 5.91 Å². The van der Waals surface area contributed by atoms with Gasteiger partial charge in [0.1, 0.15) is 11.0 Å². The first-order valence-electron chi connectivity index (χ1n) is 11.2. The number of thiazole rings is 1. The molecule has 33 heavy (non-hydrogen) atoms. The fourth-order valence-corrected chi connectivity index (χ4v) is 4.31. The van der Waals surface area contributed by atoms with Crippen molar-refractivity contribution in [1.82, 2.24) is 10.3 Å². The molecule has 3 rings (SSSR count). The number of amides is 1. The molecular weight excluding hydrogens is 434 g/mol. The predicted molar refractivity (Wildman–Crippen MR) is 132 cm³/mol. The quantitative estimate of drug-likeness (QED) is 0.433. The zero-order valence-corrected chi connectivity index (χ0v) is 20.1. The maximum Gasteiger partial charge on any atom is 0.323 e. The molecule has 0 saturated carbocycles. The minimum absolute atomic E-state index is 0.124. The highest BCUT2D eigenvalue weighted by molar-refractivity contribution is 7.13. The Morgan fingerprint density at radius 3 is 2.36 bits per heavy atom. The molecule has 1 aromatic heterocycles. The van der Waals surface area contributed by atoms with E-state index in [1.165, 1.54) is 5.56 Å². The van der Waals surface area contributed by atoms with Crippen LogP contribution in [0.4, 0.5) is 0 Å². The van der Waals surface area contributed by atoms with Gasteiger partial charge in [-0.2, -0.15) is 0 Å². The number of esters is 1. The Kier molecular flexibility index (Phi) is 8.74. The number of carbonyl (C=O) groups is 2. The van der Waals surface area contributed by atoms with E-state index in [4.69, 9.17) is 10.5 Å². The van der Waals surface area contributed by atoms with E-state index in [9.17, 15) is 9.59 Å². The fourth-order valence-electron chi connectivity index (χ4n) is 3.66. The summed E-state index contributed by atoms with van der Waals surface area (Å²) in [6.45, 7) is 6.92. The molecule has 2 aromatic carbocycles. The molecule has 0 aliphatic heterocycles. The van der Waals surface area contributed by atoms with E-state index >= 15 is 0 Å². The molecule has 0 aliphatic carbocycles. The SMILES string of the molecule is CCOC(=O)[C@@H](N)Cc1ccc(C(=O)NC[C@@H](c2ccc(-c3nccs3)cc2)C(C)C)cc1. The van der Waals surface area contributed by atoms with Gasteiger partial charge >= 0.3 is 5.97 Å². The largest absolute Gasteiger partial charge is 0.465 e. The third kappa shape index (κ3) is 6.73. The van der Waals surface area contributed by atoms with Crippen molar-refractivity contribution in [3.8, 4) is 10.6 Å². The Morgan fingerprint density at radius 1 is 1.09 bits per heavy atom. The van der Waals surface area contributed by atoms with Gasteiger partial charge in [0.2, 0.25) is 0 Å². The Bertz CT molecular complexity index is 1030. The predicted octanol–water partition coefficient (Wildman–Crippen LogP) is 4.41. The van der Waals surface area contributed by atoms with E-state index in [1.807, 2.05) is 23.7 Å². The van der Waals surface area contributed by atoms with Gasteiger partial charge in [-0.1, -0.05) is 50.2 Å². The molecule has 174 valence electrons. The summed E-state index contributed by atoms with van der Waals surface area (Å²) in [5, 5.41) is 6.04. The smallest absolute Gasteiger partial charge is 0.323 e. The first kappa shape index (κ1) is 24.6. The van der Waals surface area contributed by atoms with Crippen molar-refractivity contribution in [2.24, 2.45) is 11.7 Å². The summed E-state index contributed by atoms with van der Waals surface area (Å²) in [4.78, 5) is 28.8. The van der Waals surface area contributed by atoms with Gasteiger partial charge in [-0.15, -0.1) is 11.3 Å². The van der Waals surface area contributed by atoms with Crippen LogP contribution in [0.3, 0.4) is 0 Å². The summed E-state index contributed by atoms with van der Waals surface area (Å²) < 4.78 is 4.94. The zero-order valence-electron chi connectivity index (χ0n) is 19.3. The number of nitrogens with two attached hydrogens (primary N) is 1. The van der Waals surface area contributed by atoms with E-state index < -0.39 is 12.0 Å². The second-order valence-corrected chi connectivity index (χ2v) is 9.17. The van der Waals surface area contributed by atoms with Gasteiger partial charge in [0, 0.05) is 35.2 Å². The summed E-state index contributed by atoms with van der Waals surface area (Å²) in [5.41, 5.74) is 9.62. The number of benzene rings is 2. The lowest BCUT2D eigenvalue weighted by Crippen LogP contribution is -2.34. The molecule has 0 fully saturated rings. The van der Waals surface area contributed by atoms with Crippen molar-refractivity contribution in [2.75, 3.05) is 13.2 Å². The molecule has 2 atom stereocenters. The first-order chi connectivity index (χ1) is 15.9. The highest BCUT2D eigenvalue weighted by Crippen LogP contribution is 2.28. The van der Waals surface area contributed by atoms with Crippen LogP contribution in [0.1, 0.15) is 48.2 Å². The number of hydrogen-bond acceptors (Lipinski definition) is 6. The second kappa shape index (κ2) is 11.7. The highest BCUT2D eigenvalue weighted by Gasteiger charge is 2.19. The van der Waals surface area contributed by atoms with Gasteiger partial charge in [-0.3, -0.25) is 9.59 Å². The van der Waals surface area contributed by atoms with E-state index in [1.54, 1.807) is 30.4 Å². The summed E-state index contributed by atoms with van der Waals surface area (Å²) in [7, 11) is 0. The van der Waals surface area contributed by atoms with Crippen LogP contribution in [0.25, 0.3) is 10.6 Å². The van der Waals surface area contributed by atoms with Gasteiger partial charge in [0.05, 0.1) is 6.61 Å². The van der Waals surface area contributed by atoms with Crippen molar-refractivity contribution in [3.63, 3.8) is 0 Å². The van der Waals surface area contributed by atoms with Crippen molar-refractivity contribution in [3.05, 3.63) is 76.8 Å². The zero-order chi connectivity index (χ0) is 23.8. The van der Waals surface area contributed by atoms with E-state index in [0.717, 1.165) is 16.1 Å². The van der Waals surface area contributed by atoms with Crippen LogP contribution in [0.2, 0.25) is 0 Å². The number of rotatable bonds is 10. The molecule has 0 radical (unpaired) electrons. The average Bonchev–Trinajstić information content (AvgIpc) is 3.35. The van der Waals surface area contributed by atoms with Gasteiger partial charge in [-0.25, -0.2) is 4.98 Å². The van der Waals surface area contributed by atoms with Crippen LogP contribution in [0.15, 0.2) is 60.1 Å². The lowest BCUT2D eigenvalue weighted by molar-refractivity contribution is -0.144. The molecule has 0 saturated heterocycles. The lowest BCUT2D eigenvalue weighted by atomic mass is 9.88. The molecule has 0 bridgehead atoms. The monoisotopic (exact) mass is 465 g/mol. The Balaban J connectivity index is 1.59. The fraction of sp³-hybridized carbons (Fsp3) is 0.346. The number of hydrogen-bond donors (Lipinski definition) is 2. The van der Waals surface area contributed by atoms with Crippen LogP contribution < -0.4 is 11.1 Å². The van der Waals surface area contributed by atoms with Crippen molar-refractivity contribution < 1.29 is 14.3 Å².